The van der Waals surface area contributed by atoms with E-state index in [0.717, 1.165) is 5.57 Å². The lowest BCUT2D eigenvalue weighted by Gasteiger charge is -2.17. The first-order valence-electron chi connectivity index (χ1n) is 7.73. The van der Waals surface area contributed by atoms with Gasteiger partial charge in [0.25, 0.3) is 5.70 Å². The average molecular weight is 358 g/mol. The highest BCUT2D eigenvalue weighted by molar-refractivity contribution is 5.16. The summed E-state index contributed by atoms with van der Waals surface area (Å²) in [6.45, 7) is 2.29. The van der Waals surface area contributed by atoms with Crippen molar-refractivity contribution < 1.29 is 19.2 Å². The van der Waals surface area contributed by atoms with Gasteiger partial charge in [0.15, 0.2) is 0 Å². The molecule has 0 bridgehead atoms. The van der Waals surface area contributed by atoms with Gasteiger partial charge in [-0.15, -0.1) is 0 Å². The third kappa shape index (κ3) is 10.3. The molecule has 5 N–H and O–H groups in total. The monoisotopic (exact) mass is 358 g/mol. The Morgan fingerprint density at radius 2 is 2.16 bits per heavy atom. The molecule has 0 aromatic heterocycles. The van der Waals surface area contributed by atoms with Gasteiger partial charge in [-0.3, -0.25) is 10.1 Å². The third-order valence-corrected chi connectivity index (χ3v) is 3.08. The van der Waals surface area contributed by atoms with Crippen LogP contribution in [0.4, 0.5) is 4.39 Å². The molecular weight excluding hydrogens is 331 g/mol. The van der Waals surface area contributed by atoms with Gasteiger partial charge < -0.3 is 26.2 Å². The Bertz CT molecular complexity index is 532. The number of halogens is 1. The molecule has 1 atom stereocenters. The molecule has 0 radical (unpaired) electrons. The van der Waals surface area contributed by atoms with Crippen LogP contribution in [0.5, 0.6) is 0 Å². The number of alkyl halides is 1. The maximum Gasteiger partial charge on any atom is 0.271 e. The topological polar surface area (TPSA) is 128 Å². The van der Waals surface area contributed by atoms with E-state index in [-0.39, 0.29) is 25.6 Å². The van der Waals surface area contributed by atoms with E-state index in [1.165, 1.54) is 6.08 Å². The van der Waals surface area contributed by atoms with Crippen LogP contribution in [0, 0.1) is 10.1 Å². The van der Waals surface area contributed by atoms with Crippen LogP contribution in [0.25, 0.3) is 0 Å². The van der Waals surface area contributed by atoms with Gasteiger partial charge in [-0.05, 0) is 26.3 Å². The first kappa shape index (κ1) is 22.8. The number of rotatable bonds is 12. The molecule has 25 heavy (non-hydrogen) atoms. The van der Waals surface area contributed by atoms with Crippen molar-refractivity contribution in [1.82, 2.24) is 4.90 Å². The zero-order valence-corrected chi connectivity index (χ0v) is 14.6. The third-order valence-electron chi connectivity index (χ3n) is 3.08. The minimum absolute atomic E-state index is 0.184. The van der Waals surface area contributed by atoms with Crippen molar-refractivity contribution >= 4 is 0 Å². The summed E-state index contributed by atoms with van der Waals surface area (Å²) in [5.41, 5.74) is 12.0. The molecule has 9 heteroatoms. The van der Waals surface area contributed by atoms with E-state index in [4.69, 9.17) is 21.3 Å². The summed E-state index contributed by atoms with van der Waals surface area (Å²) in [6, 6.07) is 0. The molecule has 0 amide bonds. The second kappa shape index (κ2) is 13.1. The van der Waals surface area contributed by atoms with Gasteiger partial charge >= 0.3 is 0 Å². The van der Waals surface area contributed by atoms with Gasteiger partial charge in [-0.25, -0.2) is 4.39 Å². The summed E-state index contributed by atoms with van der Waals surface area (Å²) in [7, 11) is 0. The van der Waals surface area contributed by atoms with Crippen molar-refractivity contribution in [3.05, 3.63) is 57.7 Å². The highest BCUT2D eigenvalue weighted by atomic mass is 19.1. The number of aliphatic hydroxyl groups excluding tert-OH is 1. The van der Waals surface area contributed by atoms with Crippen molar-refractivity contribution in [3.8, 4) is 0 Å². The first-order valence-corrected chi connectivity index (χ1v) is 7.73. The van der Waals surface area contributed by atoms with E-state index < -0.39 is 17.7 Å². The fourth-order valence-electron chi connectivity index (χ4n) is 1.60. The van der Waals surface area contributed by atoms with Gasteiger partial charge in [0.2, 0.25) is 0 Å². The Morgan fingerprint density at radius 3 is 2.68 bits per heavy atom. The molecule has 0 heterocycles. The lowest BCUT2D eigenvalue weighted by atomic mass is 10.2. The Labute approximate surface area is 147 Å². The van der Waals surface area contributed by atoms with Crippen LogP contribution in [0.1, 0.15) is 20.3 Å². The van der Waals surface area contributed by atoms with Gasteiger partial charge in [-0.1, -0.05) is 17.7 Å². The molecule has 1 unspecified atom stereocenters. The van der Waals surface area contributed by atoms with Crippen LogP contribution < -0.4 is 11.5 Å². The van der Waals surface area contributed by atoms with Gasteiger partial charge in [0, 0.05) is 12.3 Å². The number of aliphatic hydroxyl groups is 1. The van der Waals surface area contributed by atoms with Crippen molar-refractivity contribution in [3.63, 3.8) is 0 Å². The van der Waals surface area contributed by atoms with Crippen LogP contribution in [-0.4, -0.2) is 47.6 Å². The lowest BCUT2D eigenvalue weighted by molar-refractivity contribution is -0.430. The number of allylic oxidation sites excluding steroid dienone is 5. The zero-order chi connectivity index (χ0) is 19.2. The number of nitrogens with two attached hydrogens (primary N) is 2. The Morgan fingerprint density at radius 1 is 1.48 bits per heavy atom. The van der Waals surface area contributed by atoms with E-state index in [1.807, 2.05) is 13.0 Å². The van der Waals surface area contributed by atoms with Gasteiger partial charge in [0.05, 0.1) is 24.0 Å². The molecule has 0 rings (SSSR count). The largest absolute Gasteiger partial charge is 0.388 e. The van der Waals surface area contributed by atoms with E-state index in [0.29, 0.717) is 12.2 Å². The molecule has 0 fully saturated rings. The quantitative estimate of drug-likeness (QED) is 0.208. The Balaban J connectivity index is 4.69. The maximum absolute atomic E-state index is 12.1. The van der Waals surface area contributed by atoms with E-state index in [9.17, 15) is 14.5 Å². The lowest BCUT2D eigenvalue weighted by Crippen LogP contribution is -2.28. The average Bonchev–Trinajstić information content (AvgIpc) is 2.60. The molecule has 0 saturated carbocycles. The van der Waals surface area contributed by atoms with E-state index >= 15 is 0 Å². The first-order chi connectivity index (χ1) is 11.8. The van der Waals surface area contributed by atoms with Crippen LogP contribution in [0.2, 0.25) is 0 Å². The van der Waals surface area contributed by atoms with E-state index in [1.54, 1.807) is 30.2 Å². The second-order valence-electron chi connectivity index (χ2n) is 5.21. The fraction of sp³-hybridized carbons (Fsp3) is 0.500. The molecule has 0 aliphatic rings. The molecule has 0 aliphatic carbocycles. The number of ether oxygens (including phenoxy) is 1. The van der Waals surface area contributed by atoms with Crippen LogP contribution in [-0.2, 0) is 4.74 Å². The predicted octanol–water partition coefficient (Wildman–Crippen LogP) is 1.38. The summed E-state index contributed by atoms with van der Waals surface area (Å²) in [4.78, 5) is 12.0. The highest BCUT2D eigenvalue weighted by Crippen LogP contribution is 2.06. The molecule has 142 valence electrons. The van der Waals surface area contributed by atoms with Gasteiger partial charge in [0.1, 0.15) is 19.4 Å². The summed E-state index contributed by atoms with van der Waals surface area (Å²) in [5, 5.41) is 20.0. The SMILES string of the molecule is C/C=C(/N)N(/C=C\C/C(C)=C/C=C(\COCC(O)CF)[N+](=O)[O-])CN. The smallest absolute Gasteiger partial charge is 0.271 e. The molecule has 0 aromatic rings. The van der Waals surface area contributed by atoms with Crippen molar-refractivity contribution in [2.75, 3.05) is 26.6 Å². The summed E-state index contributed by atoms with van der Waals surface area (Å²) >= 11 is 0. The molecule has 0 saturated heterocycles. The summed E-state index contributed by atoms with van der Waals surface area (Å²) < 4.78 is 17.0. The van der Waals surface area contributed by atoms with Crippen LogP contribution >= 0.6 is 0 Å². The number of hydrogen-bond acceptors (Lipinski definition) is 7. The summed E-state index contributed by atoms with van der Waals surface area (Å²) in [5.74, 6) is 0.531. The second-order valence-corrected chi connectivity index (χ2v) is 5.21. The number of nitrogens with zero attached hydrogens (tertiary/aromatic N) is 2. The minimum atomic E-state index is -1.27. The summed E-state index contributed by atoms with van der Waals surface area (Å²) in [6.07, 6.45) is 7.51. The highest BCUT2D eigenvalue weighted by Gasteiger charge is 2.11. The van der Waals surface area contributed by atoms with Crippen molar-refractivity contribution in [1.29, 1.82) is 0 Å². The maximum atomic E-state index is 12.1. The van der Waals surface area contributed by atoms with Crippen molar-refractivity contribution in [2.45, 2.75) is 26.4 Å². The standard InChI is InChI=1S/C16H27FN4O4/c1-3-16(19)20(12-18)8-4-5-13(2)6-7-14(21(23)24)10-25-11-15(22)9-17/h3-4,6-8,15,22H,5,9-12,18-19H2,1-2H3/b8-4-,13-6+,14-7+,16-3-. The predicted molar refractivity (Wildman–Crippen MR) is 94.2 cm³/mol. The Kier molecular flexibility index (Phi) is 11.9. The van der Waals surface area contributed by atoms with Crippen LogP contribution in [0.15, 0.2) is 47.6 Å². The number of nitro groups is 1. The van der Waals surface area contributed by atoms with E-state index in [2.05, 4.69) is 0 Å². The van der Waals surface area contributed by atoms with Gasteiger partial charge in [-0.2, -0.15) is 0 Å². The molecule has 8 nitrogen and oxygen atoms in total. The normalized spacial score (nSPS) is 14.8. The molecule has 0 aromatic carbocycles. The molecular formula is C16H27FN4O4. The zero-order valence-electron chi connectivity index (χ0n) is 14.6. The van der Waals surface area contributed by atoms with Crippen molar-refractivity contribution in [2.24, 2.45) is 11.5 Å². The van der Waals surface area contributed by atoms with Crippen LogP contribution in [0.3, 0.4) is 0 Å². The fourth-order valence-corrected chi connectivity index (χ4v) is 1.60. The number of hydrogen-bond donors (Lipinski definition) is 3. The minimum Gasteiger partial charge on any atom is -0.388 e. The molecule has 0 spiro atoms. The Hall–Kier alpha value is -2.23. The molecule has 0 aliphatic heterocycles.